The highest BCUT2D eigenvalue weighted by molar-refractivity contribution is 5.91. The van der Waals surface area contributed by atoms with Gasteiger partial charge in [-0.25, -0.2) is 19.6 Å². The number of imidazole rings is 2. The Balaban J connectivity index is 0.824. The summed E-state index contributed by atoms with van der Waals surface area (Å²) in [7, 11) is 2.61. The summed E-state index contributed by atoms with van der Waals surface area (Å²) in [5, 5.41) is 7.79. The standard InChI is InChI=1S/C51H54N8O7/c1-64-50(62)56-43(33-20-23-66-24-21-33)48(60)58-22-6-9-42(58)46-52-29-41(54-46)37-17-16-35-25-34(14-15-36(35)26-37)30-10-12-31(13-11-30)40-28-53-47(55-40)45-38-18-19-39(27-38)59(45)49(61)44(57-51(63)65-2)32-7-4-3-5-8-32/h3-5,7-8,10-17,25-26,28-29,33,38-39,42-45H,6,9,18-24,27H2,1-2H3,(H,52,54)(H,53,55)(H,56,62)(H,57,63). The first-order valence-electron chi connectivity index (χ1n) is 23.0. The van der Waals surface area contributed by atoms with E-state index in [1.807, 2.05) is 52.5 Å². The summed E-state index contributed by atoms with van der Waals surface area (Å²) in [6.07, 6.45) is 8.25. The molecule has 4 aliphatic rings. The van der Waals surface area contributed by atoms with Crippen LogP contribution in [0, 0.1) is 11.8 Å². The van der Waals surface area contributed by atoms with Crippen molar-refractivity contribution in [2.45, 2.75) is 75.2 Å². The van der Waals surface area contributed by atoms with Crippen LogP contribution < -0.4 is 10.6 Å². The first-order valence-corrected chi connectivity index (χ1v) is 23.0. The summed E-state index contributed by atoms with van der Waals surface area (Å²) in [4.78, 5) is 73.6. The molecule has 15 nitrogen and oxygen atoms in total. The van der Waals surface area contributed by atoms with Gasteiger partial charge in [0.15, 0.2) is 0 Å². The van der Waals surface area contributed by atoms with E-state index in [1.165, 1.54) is 14.2 Å². The Labute approximate surface area is 382 Å². The number of hydrogen-bond donors (Lipinski definition) is 4. The third kappa shape index (κ3) is 8.39. The average molecular weight is 891 g/mol. The van der Waals surface area contributed by atoms with Gasteiger partial charge in [0, 0.05) is 31.4 Å². The summed E-state index contributed by atoms with van der Waals surface area (Å²) in [5.74, 6) is 1.45. The molecule has 6 atom stereocenters. The Morgan fingerprint density at radius 1 is 0.697 bits per heavy atom. The summed E-state index contributed by atoms with van der Waals surface area (Å²) in [6, 6.07) is 28.6. The number of H-pyrrole nitrogens is 2. The molecule has 5 heterocycles. The van der Waals surface area contributed by atoms with Gasteiger partial charge in [-0.15, -0.1) is 0 Å². The lowest BCUT2D eigenvalue weighted by atomic mass is 9.90. The molecule has 10 rings (SSSR count). The number of carbonyl (C=O) groups excluding carboxylic acids is 4. The van der Waals surface area contributed by atoms with Crippen molar-refractivity contribution in [3.8, 4) is 33.6 Å². The molecule has 6 aromatic rings. The number of benzene rings is 4. The number of piperidine rings is 1. The number of likely N-dealkylation sites (tertiary alicyclic amines) is 2. The third-order valence-corrected chi connectivity index (χ3v) is 14.1. The summed E-state index contributed by atoms with van der Waals surface area (Å²) in [6.45, 7) is 1.71. The molecular formula is C51H54N8O7. The highest BCUT2D eigenvalue weighted by atomic mass is 16.5. The molecule has 3 saturated heterocycles. The highest BCUT2D eigenvalue weighted by Gasteiger charge is 2.51. The average Bonchev–Trinajstić information content (AvgIpc) is 4.24. The quantitative estimate of drug-likeness (QED) is 0.0995. The molecule has 3 aliphatic heterocycles. The van der Waals surface area contributed by atoms with Gasteiger partial charge in [0.25, 0.3) is 5.91 Å². The smallest absolute Gasteiger partial charge is 0.407 e. The fourth-order valence-electron chi connectivity index (χ4n) is 10.7. The van der Waals surface area contributed by atoms with Crippen molar-refractivity contribution >= 4 is 34.8 Å². The number of aromatic amines is 2. The van der Waals surface area contributed by atoms with Gasteiger partial charge in [-0.05, 0) is 102 Å². The zero-order valence-electron chi connectivity index (χ0n) is 37.1. The minimum atomic E-state index is -0.876. The molecule has 2 bridgehead atoms. The molecule has 340 valence electrons. The van der Waals surface area contributed by atoms with Crippen LogP contribution in [0.25, 0.3) is 44.4 Å². The first kappa shape index (κ1) is 42.9. The van der Waals surface area contributed by atoms with E-state index in [0.717, 1.165) is 88.2 Å². The van der Waals surface area contributed by atoms with Gasteiger partial charge in [0.1, 0.15) is 23.7 Å². The molecule has 4 aromatic carbocycles. The molecule has 6 unspecified atom stereocenters. The number of carbonyl (C=O) groups is 4. The van der Waals surface area contributed by atoms with Crippen LogP contribution in [-0.2, 0) is 23.8 Å². The number of nitrogens with one attached hydrogen (secondary N) is 4. The van der Waals surface area contributed by atoms with E-state index in [2.05, 4.69) is 81.3 Å². The maximum absolute atomic E-state index is 14.3. The molecule has 66 heavy (non-hydrogen) atoms. The Hall–Kier alpha value is -7.00. The lowest BCUT2D eigenvalue weighted by molar-refractivity contribution is -0.138. The van der Waals surface area contributed by atoms with Gasteiger partial charge >= 0.3 is 12.2 Å². The van der Waals surface area contributed by atoms with Crippen LogP contribution in [0.4, 0.5) is 9.59 Å². The Kier molecular flexibility index (Phi) is 12.0. The van der Waals surface area contributed by atoms with Gasteiger partial charge in [-0.1, -0.05) is 78.9 Å². The molecule has 4 N–H and O–H groups in total. The molecular weight excluding hydrogens is 837 g/mol. The summed E-state index contributed by atoms with van der Waals surface area (Å²) >= 11 is 0. The molecule has 1 aliphatic carbocycles. The zero-order chi connectivity index (χ0) is 45.3. The van der Waals surface area contributed by atoms with Crippen molar-refractivity contribution in [2.75, 3.05) is 34.0 Å². The second kappa shape index (κ2) is 18.5. The van der Waals surface area contributed by atoms with E-state index in [4.69, 9.17) is 24.2 Å². The molecule has 15 heteroatoms. The maximum Gasteiger partial charge on any atom is 0.407 e. The number of alkyl carbamates (subject to hydrolysis) is 2. The Morgan fingerprint density at radius 3 is 2.08 bits per heavy atom. The largest absolute Gasteiger partial charge is 0.453 e. The minimum absolute atomic E-state index is 0.0304. The van der Waals surface area contributed by atoms with Crippen molar-refractivity contribution in [1.82, 2.24) is 40.4 Å². The van der Waals surface area contributed by atoms with Crippen molar-refractivity contribution in [3.05, 3.63) is 121 Å². The van der Waals surface area contributed by atoms with Gasteiger partial charge in [0.05, 0.1) is 50.1 Å². The van der Waals surface area contributed by atoms with E-state index in [9.17, 15) is 19.2 Å². The van der Waals surface area contributed by atoms with E-state index in [-0.39, 0.29) is 41.8 Å². The van der Waals surface area contributed by atoms with E-state index < -0.39 is 24.3 Å². The number of methoxy groups -OCH3 is 2. The second-order valence-electron chi connectivity index (χ2n) is 17.9. The summed E-state index contributed by atoms with van der Waals surface area (Å²) in [5.41, 5.74) is 6.58. The SMILES string of the molecule is COC(=O)NC(C(=O)N1C2CCC(C2)C1c1ncc(-c2ccc(-c3ccc4cc(-c5cnc(C6CCCN6C(=O)C(NC(=O)OC)C6CCOCC6)[nH]5)ccc4c3)cc2)[nH]1)c1ccccc1. The van der Waals surface area contributed by atoms with Crippen molar-refractivity contribution in [2.24, 2.45) is 11.8 Å². The topological polar surface area (TPSA) is 184 Å². The van der Waals surface area contributed by atoms with Crippen molar-refractivity contribution in [3.63, 3.8) is 0 Å². The van der Waals surface area contributed by atoms with Crippen LogP contribution in [-0.4, -0.2) is 99.8 Å². The van der Waals surface area contributed by atoms with Crippen LogP contribution in [0.2, 0.25) is 0 Å². The number of ether oxygens (including phenoxy) is 3. The molecule has 1 saturated carbocycles. The van der Waals surface area contributed by atoms with E-state index >= 15 is 0 Å². The van der Waals surface area contributed by atoms with Gasteiger partial charge in [-0.2, -0.15) is 0 Å². The lowest BCUT2D eigenvalue weighted by Gasteiger charge is -2.36. The number of rotatable bonds is 11. The highest BCUT2D eigenvalue weighted by Crippen LogP contribution is 2.50. The lowest BCUT2D eigenvalue weighted by Crippen LogP contribution is -2.53. The minimum Gasteiger partial charge on any atom is -0.453 e. The maximum atomic E-state index is 14.3. The molecule has 4 amide bonds. The molecule has 0 radical (unpaired) electrons. The third-order valence-electron chi connectivity index (χ3n) is 14.1. The predicted molar refractivity (Wildman–Crippen MR) is 247 cm³/mol. The molecule has 4 fully saturated rings. The van der Waals surface area contributed by atoms with Crippen LogP contribution in [0.3, 0.4) is 0 Å². The van der Waals surface area contributed by atoms with E-state index in [0.29, 0.717) is 38.2 Å². The number of nitrogens with zero attached hydrogens (tertiary/aromatic N) is 4. The Bertz CT molecular complexity index is 2730. The van der Waals surface area contributed by atoms with Gasteiger partial charge < -0.3 is 44.6 Å². The predicted octanol–water partition coefficient (Wildman–Crippen LogP) is 8.25. The van der Waals surface area contributed by atoms with Crippen molar-refractivity contribution in [1.29, 1.82) is 0 Å². The molecule has 0 spiro atoms. The van der Waals surface area contributed by atoms with Crippen LogP contribution in [0.1, 0.15) is 80.3 Å². The number of fused-ring (bicyclic) bond motifs is 3. The van der Waals surface area contributed by atoms with Gasteiger partial charge in [-0.3, -0.25) is 9.59 Å². The van der Waals surface area contributed by atoms with Crippen molar-refractivity contribution < 1.29 is 33.4 Å². The monoisotopic (exact) mass is 890 g/mol. The fourth-order valence-corrected chi connectivity index (χ4v) is 10.7. The number of hydrogen-bond acceptors (Lipinski definition) is 9. The fraction of sp³-hybridized carbons (Fsp3) is 0.373. The van der Waals surface area contributed by atoms with Crippen LogP contribution in [0.5, 0.6) is 0 Å². The van der Waals surface area contributed by atoms with Crippen LogP contribution >= 0.6 is 0 Å². The summed E-state index contributed by atoms with van der Waals surface area (Å²) < 4.78 is 15.3. The normalized spacial score (nSPS) is 21.4. The Morgan fingerprint density at radius 2 is 1.33 bits per heavy atom. The number of aromatic nitrogens is 4. The van der Waals surface area contributed by atoms with E-state index in [1.54, 1.807) is 0 Å². The number of amides is 4. The van der Waals surface area contributed by atoms with Crippen LogP contribution in [0.15, 0.2) is 103 Å². The first-order chi connectivity index (χ1) is 32.3. The molecule has 2 aromatic heterocycles. The van der Waals surface area contributed by atoms with Gasteiger partial charge in [0.2, 0.25) is 5.91 Å². The zero-order valence-corrected chi connectivity index (χ0v) is 37.1. The second-order valence-corrected chi connectivity index (χ2v) is 17.9.